The number of aliphatic hydroxyl groups excluding tert-OH is 3. The molecule has 0 aromatic heterocycles. The molecule has 0 amide bonds. The number of fused-ring (bicyclic) bond motifs is 1. The van der Waals surface area contributed by atoms with Gasteiger partial charge >= 0.3 is 19.8 Å². The van der Waals surface area contributed by atoms with Crippen LogP contribution in [0.5, 0.6) is 0 Å². The van der Waals surface area contributed by atoms with Gasteiger partial charge in [0.2, 0.25) is 0 Å². The van der Waals surface area contributed by atoms with Crippen LogP contribution in [0.2, 0.25) is 0 Å². The Morgan fingerprint density at radius 1 is 0.588 bits per heavy atom. The summed E-state index contributed by atoms with van der Waals surface area (Å²) in [6.07, 6.45) is 25.2. The molecule has 3 N–H and O–H groups in total. The van der Waals surface area contributed by atoms with Crippen molar-refractivity contribution in [3.63, 3.8) is 0 Å². The molecule has 2 unspecified atom stereocenters. The standard InChI is InChI=1S/C54H93O13P/c1-3-5-7-9-11-13-15-17-19-21-23-25-31-37-46(55)61-42-45(64-47(56)38-32-26-24-22-20-18-16-14-12-10-8-6-4-2)43-63-68(60,62-41-44-35-29-27-30-36-44)67-52-50(59)48(57)49(58)51-53(52)66-54(65-51)39-33-28-34-40-54/h27,29-30,35-36,45,48-53,57-59H,3-26,28,31-34,37-43H2,1-2H3/t45?,48-,49-,50+,51+,52-,53+,68?/m0/s1. The van der Waals surface area contributed by atoms with Crippen molar-refractivity contribution in [2.75, 3.05) is 13.2 Å². The van der Waals surface area contributed by atoms with Gasteiger partial charge in [-0.2, -0.15) is 0 Å². The minimum absolute atomic E-state index is 0.163. The molecule has 2 saturated carbocycles. The van der Waals surface area contributed by atoms with E-state index in [1.165, 1.54) is 116 Å². The van der Waals surface area contributed by atoms with Crippen LogP contribution >= 0.6 is 7.82 Å². The van der Waals surface area contributed by atoms with Gasteiger partial charge in [0.25, 0.3) is 0 Å². The van der Waals surface area contributed by atoms with Crippen LogP contribution in [0.25, 0.3) is 0 Å². The summed E-state index contributed by atoms with van der Waals surface area (Å²) in [6.45, 7) is 3.42. The molecule has 1 saturated heterocycles. The number of carbonyl (C=O) groups is 2. The second-order valence-electron chi connectivity index (χ2n) is 20.0. The lowest BCUT2D eigenvalue weighted by Crippen LogP contribution is -2.63. The molecule has 13 nitrogen and oxygen atoms in total. The number of hydrogen-bond donors (Lipinski definition) is 3. The third-order valence-corrected chi connectivity index (χ3v) is 15.3. The molecule has 8 atom stereocenters. The molecule has 4 rings (SSSR count). The fourth-order valence-electron chi connectivity index (χ4n) is 9.75. The van der Waals surface area contributed by atoms with Gasteiger partial charge in [0, 0.05) is 25.7 Å². The van der Waals surface area contributed by atoms with Crippen molar-refractivity contribution >= 4 is 19.8 Å². The molecule has 1 aromatic rings. The first-order valence-corrected chi connectivity index (χ1v) is 28.9. The van der Waals surface area contributed by atoms with Gasteiger partial charge in [0.05, 0.1) is 13.2 Å². The fraction of sp³-hybridized carbons (Fsp3) is 0.852. The van der Waals surface area contributed by atoms with Crippen molar-refractivity contribution < 1.29 is 62.0 Å². The first-order valence-electron chi connectivity index (χ1n) is 27.4. The fourth-order valence-corrected chi connectivity index (χ4v) is 11.1. The van der Waals surface area contributed by atoms with Crippen molar-refractivity contribution in [2.45, 2.75) is 281 Å². The number of aliphatic hydroxyl groups is 3. The lowest BCUT2D eigenvalue weighted by Gasteiger charge is -2.41. The van der Waals surface area contributed by atoms with Crippen LogP contribution in [0.3, 0.4) is 0 Å². The van der Waals surface area contributed by atoms with E-state index in [2.05, 4.69) is 13.8 Å². The summed E-state index contributed by atoms with van der Waals surface area (Å²) in [6, 6.07) is 8.97. The van der Waals surface area contributed by atoms with Crippen LogP contribution in [0.15, 0.2) is 30.3 Å². The molecule has 2 aliphatic carbocycles. The van der Waals surface area contributed by atoms with E-state index in [-0.39, 0.29) is 26.1 Å². The average Bonchev–Trinajstić information content (AvgIpc) is 3.71. The Morgan fingerprint density at radius 3 is 1.57 bits per heavy atom. The molecule has 68 heavy (non-hydrogen) atoms. The topological polar surface area (TPSA) is 177 Å². The van der Waals surface area contributed by atoms with Crippen LogP contribution < -0.4 is 0 Å². The van der Waals surface area contributed by atoms with Crippen molar-refractivity contribution in [1.29, 1.82) is 0 Å². The summed E-state index contributed by atoms with van der Waals surface area (Å²) >= 11 is 0. The van der Waals surface area contributed by atoms with E-state index in [9.17, 15) is 29.5 Å². The van der Waals surface area contributed by atoms with Gasteiger partial charge in [-0.1, -0.05) is 205 Å². The van der Waals surface area contributed by atoms with Crippen molar-refractivity contribution in [2.24, 2.45) is 0 Å². The quantitative estimate of drug-likeness (QED) is 0.0323. The number of unbranched alkanes of at least 4 members (excludes halogenated alkanes) is 24. The zero-order chi connectivity index (χ0) is 48.7. The lowest BCUT2D eigenvalue weighted by molar-refractivity contribution is -0.202. The van der Waals surface area contributed by atoms with Gasteiger partial charge in [-0.3, -0.25) is 23.2 Å². The first kappa shape index (κ1) is 58.6. The molecular weight excluding hydrogens is 888 g/mol. The first-order chi connectivity index (χ1) is 33.1. The number of rotatable bonds is 39. The summed E-state index contributed by atoms with van der Waals surface area (Å²) in [5, 5.41) is 33.3. The predicted octanol–water partition coefficient (Wildman–Crippen LogP) is 12.7. The van der Waals surface area contributed by atoms with Gasteiger partial charge in [-0.05, 0) is 31.2 Å². The minimum Gasteiger partial charge on any atom is -0.462 e. The van der Waals surface area contributed by atoms with Crippen LogP contribution in [-0.4, -0.2) is 89.0 Å². The Labute approximate surface area is 410 Å². The second-order valence-corrected chi connectivity index (χ2v) is 21.6. The summed E-state index contributed by atoms with van der Waals surface area (Å²) in [5.74, 6) is -1.96. The molecule has 14 heteroatoms. The average molecular weight is 981 g/mol. The van der Waals surface area contributed by atoms with Crippen molar-refractivity contribution in [3.05, 3.63) is 35.9 Å². The number of phosphoric ester groups is 1. The number of benzene rings is 1. The molecule has 3 fully saturated rings. The molecule has 3 aliphatic rings. The molecule has 392 valence electrons. The summed E-state index contributed by atoms with van der Waals surface area (Å²) in [7, 11) is -4.70. The monoisotopic (exact) mass is 981 g/mol. The number of hydrogen-bond acceptors (Lipinski definition) is 13. The van der Waals surface area contributed by atoms with Gasteiger partial charge in [-0.15, -0.1) is 0 Å². The van der Waals surface area contributed by atoms with E-state index in [4.69, 9.17) is 32.5 Å². The van der Waals surface area contributed by atoms with E-state index in [0.717, 1.165) is 57.8 Å². The predicted molar refractivity (Wildman–Crippen MR) is 265 cm³/mol. The Hall–Kier alpha value is -1.93. The normalized spacial score (nSPS) is 23.5. The maximum atomic E-state index is 14.8. The van der Waals surface area contributed by atoms with Gasteiger partial charge in [-0.25, -0.2) is 4.57 Å². The van der Waals surface area contributed by atoms with E-state index in [1.54, 1.807) is 24.3 Å². The Morgan fingerprint density at radius 2 is 1.06 bits per heavy atom. The minimum atomic E-state index is -4.70. The van der Waals surface area contributed by atoms with E-state index >= 15 is 0 Å². The molecule has 0 bridgehead atoms. The Balaban J connectivity index is 1.32. The van der Waals surface area contributed by atoms with Gasteiger partial charge in [0.1, 0.15) is 43.2 Å². The van der Waals surface area contributed by atoms with Gasteiger partial charge < -0.3 is 34.3 Å². The van der Waals surface area contributed by atoms with Crippen LogP contribution in [0.4, 0.5) is 0 Å². The molecule has 1 heterocycles. The van der Waals surface area contributed by atoms with E-state index in [1.807, 2.05) is 6.07 Å². The van der Waals surface area contributed by atoms with Crippen LogP contribution in [-0.2, 0) is 53.3 Å². The lowest BCUT2D eigenvalue weighted by atomic mass is 9.85. The third kappa shape index (κ3) is 22.7. The van der Waals surface area contributed by atoms with E-state index < -0.39 is 74.9 Å². The maximum absolute atomic E-state index is 14.8. The Kier molecular flexibility index (Phi) is 29.7. The van der Waals surface area contributed by atoms with Crippen molar-refractivity contribution in [1.82, 2.24) is 0 Å². The smallest absolute Gasteiger partial charge is 0.462 e. The molecule has 0 radical (unpaired) electrons. The Bertz CT molecular complexity index is 1510. The highest BCUT2D eigenvalue weighted by molar-refractivity contribution is 7.48. The summed E-state index contributed by atoms with van der Waals surface area (Å²) < 4.78 is 56.8. The number of ether oxygens (including phenoxy) is 4. The number of esters is 2. The van der Waals surface area contributed by atoms with Gasteiger partial charge in [0.15, 0.2) is 11.9 Å². The highest BCUT2D eigenvalue weighted by Crippen LogP contribution is 2.55. The summed E-state index contributed by atoms with van der Waals surface area (Å²) in [5.41, 5.74) is 0.655. The second kappa shape index (κ2) is 34.4. The zero-order valence-electron chi connectivity index (χ0n) is 42.3. The van der Waals surface area contributed by atoms with Crippen LogP contribution in [0.1, 0.15) is 231 Å². The van der Waals surface area contributed by atoms with Crippen molar-refractivity contribution in [3.8, 4) is 0 Å². The molecule has 1 aliphatic heterocycles. The molecular formula is C54H93O13P. The molecule has 1 spiro atoms. The summed E-state index contributed by atoms with van der Waals surface area (Å²) in [4.78, 5) is 26.3. The number of phosphoric acid groups is 1. The SMILES string of the molecule is CCCCCCCCCCCCCCCC(=O)OCC(COP(=O)(OCc1ccccc1)O[C@H]1[C@H](O)[C@@H](O)[C@H](O)[C@H]2OC3(CCCCC3)O[C@H]21)OC(=O)CCCCCCCCCCCCCCC. The van der Waals surface area contributed by atoms with E-state index in [0.29, 0.717) is 31.2 Å². The highest BCUT2D eigenvalue weighted by atomic mass is 31.2. The largest absolute Gasteiger partial charge is 0.475 e. The molecule has 1 aromatic carbocycles. The highest BCUT2D eigenvalue weighted by Gasteiger charge is 2.61. The van der Waals surface area contributed by atoms with Crippen LogP contribution in [0, 0.1) is 0 Å². The zero-order valence-corrected chi connectivity index (χ0v) is 43.1. The number of carbonyl (C=O) groups excluding carboxylic acids is 2. The maximum Gasteiger partial charge on any atom is 0.475 e. The third-order valence-electron chi connectivity index (χ3n) is 13.9.